The van der Waals surface area contributed by atoms with E-state index in [4.69, 9.17) is 38.2 Å². The summed E-state index contributed by atoms with van der Waals surface area (Å²) in [5.74, 6) is -4.70. The van der Waals surface area contributed by atoms with Crippen LogP contribution in [0.1, 0.15) is 2.74 Å². The molecular formula is C14H19BO9. The monoisotopic (exact) mass is 344 g/mol. The first-order valence-corrected chi connectivity index (χ1v) is 6.48. The van der Waals surface area contributed by atoms with E-state index in [0.29, 0.717) is 0 Å². The van der Waals surface area contributed by atoms with E-state index < -0.39 is 43.3 Å². The molecule has 9 nitrogen and oxygen atoms in total. The van der Waals surface area contributed by atoms with Crippen LogP contribution in [0.15, 0.2) is 48.6 Å². The Kier molecular flexibility index (Phi) is 8.54. The lowest BCUT2D eigenvalue weighted by atomic mass is 9.98. The number of aliphatic carboxylic acids is 2. The van der Waals surface area contributed by atoms with E-state index in [1.807, 2.05) is 0 Å². The van der Waals surface area contributed by atoms with Crippen LogP contribution in [0.25, 0.3) is 0 Å². The molecule has 2 rings (SSSR count). The van der Waals surface area contributed by atoms with E-state index in [0.717, 1.165) is 12.2 Å². The van der Waals surface area contributed by atoms with E-state index in [9.17, 15) is 9.59 Å². The van der Waals surface area contributed by atoms with Crippen molar-refractivity contribution < 1.29 is 47.8 Å². The van der Waals surface area contributed by atoms with Crippen LogP contribution in [0.4, 0.5) is 0 Å². The Hall–Kier alpha value is -2.24. The molecule has 0 aromatic carbocycles. The zero-order valence-electron chi connectivity index (χ0n) is 14.3. The smallest absolute Gasteiger partial charge is 0.481 e. The lowest BCUT2D eigenvalue weighted by molar-refractivity contribution is -0.143. The van der Waals surface area contributed by atoms with E-state index in [-0.39, 0.29) is 0 Å². The summed E-state index contributed by atoms with van der Waals surface area (Å²) in [6.07, 6.45) is 6.77. The molecule has 10 heteroatoms. The van der Waals surface area contributed by atoms with Crippen molar-refractivity contribution in [2.45, 2.75) is 12.2 Å². The van der Waals surface area contributed by atoms with Crippen LogP contribution in [0.3, 0.4) is 0 Å². The summed E-state index contributed by atoms with van der Waals surface area (Å²) in [7, 11) is -2.17. The predicted molar refractivity (Wildman–Crippen MR) is 83.2 cm³/mol. The van der Waals surface area contributed by atoms with Gasteiger partial charge in [0.15, 0.2) is 0 Å². The topological polar surface area (TPSA) is 176 Å². The molecule has 4 atom stereocenters. The Morgan fingerprint density at radius 1 is 0.750 bits per heavy atom. The Labute approximate surface area is 140 Å². The summed E-state index contributed by atoms with van der Waals surface area (Å²) < 4.78 is 14.3. The number of carboxylic acids is 2. The van der Waals surface area contributed by atoms with Gasteiger partial charge in [0.1, 0.15) is 11.8 Å². The average Bonchev–Trinajstić information content (AvgIpc) is 2.45. The second kappa shape index (κ2) is 11.3. The minimum Gasteiger partial charge on any atom is -0.481 e. The summed E-state index contributed by atoms with van der Waals surface area (Å²) in [4.78, 5) is 20.8. The molecule has 0 radical (unpaired) electrons. The number of carboxylic acid groups (broad SMARTS) is 2. The molecule has 0 saturated heterocycles. The molecule has 132 valence electrons. The van der Waals surface area contributed by atoms with Crippen molar-refractivity contribution in [2.24, 2.45) is 11.8 Å². The molecule has 0 aromatic heterocycles. The molecule has 7 N–H and O–H groups in total. The zero-order valence-corrected chi connectivity index (χ0v) is 12.3. The molecule has 0 saturated carbocycles. The maximum Gasteiger partial charge on any atom is 0.631 e. The van der Waals surface area contributed by atoms with E-state index in [1.165, 1.54) is 36.5 Å². The third kappa shape index (κ3) is 9.03. The quantitative estimate of drug-likeness (QED) is 0.288. The Morgan fingerprint density at radius 3 is 1.17 bits per heavy atom. The van der Waals surface area contributed by atoms with Crippen LogP contribution in [-0.2, 0) is 9.59 Å². The van der Waals surface area contributed by atoms with Crippen molar-refractivity contribution >= 4 is 19.3 Å². The van der Waals surface area contributed by atoms with Crippen molar-refractivity contribution in [1.82, 2.24) is 0 Å². The molecule has 0 aliphatic heterocycles. The number of allylic oxidation sites excluding steroid dienone is 4. The fourth-order valence-electron chi connectivity index (χ4n) is 1.48. The Bertz CT molecular complexity index is 559. The van der Waals surface area contributed by atoms with E-state index >= 15 is 0 Å². The average molecular weight is 344 g/mol. The lowest BCUT2D eigenvalue weighted by Gasteiger charge is -2.13. The van der Waals surface area contributed by atoms with Crippen molar-refractivity contribution in [1.29, 1.82) is 0 Å². The van der Waals surface area contributed by atoms with Gasteiger partial charge in [-0.1, -0.05) is 48.6 Å². The van der Waals surface area contributed by atoms with Crippen LogP contribution in [0.2, 0.25) is 0 Å². The number of carbonyl (C=O) groups is 2. The highest BCUT2D eigenvalue weighted by Gasteiger charge is 2.23. The summed E-state index contributed by atoms with van der Waals surface area (Å²) in [5.41, 5.74) is 0. The number of hydrogen-bond acceptors (Lipinski definition) is 7. The van der Waals surface area contributed by atoms with Crippen LogP contribution in [-0.4, -0.2) is 66.9 Å². The van der Waals surface area contributed by atoms with Gasteiger partial charge in [0.05, 0.1) is 14.9 Å². The third-order valence-electron chi connectivity index (χ3n) is 2.53. The van der Waals surface area contributed by atoms with Gasteiger partial charge in [0.25, 0.3) is 0 Å². The summed E-state index contributed by atoms with van der Waals surface area (Å²) in [6, 6.07) is 0. The van der Waals surface area contributed by atoms with Crippen LogP contribution >= 0.6 is 0 Å². The number of rotatable bonds is 2. The van der Waals surface area contributed by atoms with Gasteiger partial charge in [-0.05, 0) is 0 Å². The van der Waals surface area contributed by atoms with Gasteiger partial charge in [-0.25, -0.2) is 0 Å². The van der Waals surface area contributed by atoms with Crippen molar-refractivity contribution in [2.75, 3.05) is 0 Å². The van der Waals surface area contributed by atoms with E-state index in [2.05, 4.69) is 0 Å². The summed E-state index contributed by atoms with van der Waals surface area (Å²) >= 11 is 0. The first kappa shape index (κ1) is 18.1. The van der Waals surface area contributed by atoms with Crippen LogP contribution in [0.5, 0.6) is 0 Å². The Balaban J connectivity index is 0.000000401. The van der Waals surface area contributed by atoms with Gasteiger partial charge in [-0.2, -0.15) is 0 Å². The predicted octanol–water partition coefficient (Wildman–Crippen LogP) is -1.70. The Morgan fingerprint density at radius 2 is 1.00 bits per heavy atom. The first-order chi connectivity index (χ1) is 11.8. The fourth-order valence-corrected chi connectivity index (χ4v) is 1.48. The van der Waals surface area contributed by atoms with Gasteiger partial charge in [-0.3, -0.25) is 9.59 Å². The molecule has 0 heterocycles. The normalized spacial score (nSPS) is 33.9. The van der Waals surface area contributed by atoms with Crippen molar-refractivity contribution in [3.05, 3.63) is 48.6 Å². The molecule has 4 unspecified atom stereocenters. The maximum atomic E-state index is 10.4. The van der Waals surface area contributed by atoms with Gasteiger partial charge < -0.3 is 35.5 Å². The number of aliphatic hydroxyl groups is 2. The van der Waals surface area contributed by atoms with Gasteiger partial charge in [-0.15, -0.1) is 0 Å². The van der Waals surface area contributed by atoms with E-state index in [1.54, 1.807) is 0 Å². The largest absolute Gasteiger partial charge is 0.631 e. The molecule has 0 fully saturated rings. The second-order valence-corrected chi connectivity index (χ2v) is 4.32. The second-order valence-electron chi connectivity index (χ2n) is 4.32. The van der Waals surface area contributed by atoms with Gasteiger partial charge in [0.2, 0.25) is 0 Å². The molecule has 0 aromatic rings. The molecule has 0 amide bonds. The highest BCUT2D eigenvalue weighted by atomic mass is 16.5. The fraction of sp³-hybridized carbons (Fsp3) is 0.286. The summed E-state index contributed by atoms with van der Waals surface area (Å²) in [6.45, 7) is 0. The summed E-state index contributed by atoms with van der Waals surface area (Å²) in [5, 5.41) is 56.8. The molecule has 0 spiro atoms. The van der Waals surface area contributed by atoms with Gasteiger partial charge in [0, 0.05) is 0 Å². The first-order valence-electron chi connectivity index (χ1n) is 7.48. The molecule has 2 aliphatic carbocycles. The van der Waals surface area contributed by atoms with Gasteiger partial charge >= 0.3 is 19.3 Å². The molecule has 0 bridgehead atoms. The standard InChI is InChI=1S/2C7H8O3.BH3O3/c2*8-6-4-2-1-3-5(6)7(9)10;2-1(3)4/h2*1-6,8H,(H,9,10);2-4H/i2*6D;. The highest BCUT2D eigenvalue weighted by Crippen LogP contribution is 2.12. The molecular weight excluding hydrogens is 323 g/mol. The SMILES string of the molecule is OB(O)O.[2H]C1(O)C=CC=CC1C(=O)O.[2H]C1(O)C=CC=CC1C(=O)O. The van der Waals surface area contributed by atoms with Crippen molar-refractivity contribution in [3.8, 4) is 0 Å². The van der Waals surface area contributed by atoms with Crippen LogP contribution in [0, 0.1) is 11.8 Å². The number of hydrogen-bond donors (Lipinski definition) is 7. The molecule has 2 aliphatic rings. The maximum absolute atomic E-state index is 10.4. The molecule has 24 heavy (non-hydrogen) atoms. The van der Waals surface area contributed by atoms with Crippen LogP contribution < -0.4 is 0 Å². The minimum absolute atomic E-state index is 1.14. The van der Waals surface area contributed by atoms with Crippen molar-refractivity contribution in [3.63, 3.8) is 0 Å². The lowest BCUT2D eigenvalue weighted by Crippen LogP contribution is -2.25. The zero-order chi connectivity index (χ0) is 20.5. The third-order valence-corrected chi connectivity index (χ3v) is 2.53. The minimum atomic E-state index is -2.17. The highest BCUT2D eigenvalue weighted by molar-refractivity contribution is 6.30.